The Hall–Kier alpha value is -2.01. The zero-order valence-corrected chi connectivity index (χ0v) is 17.2. The predicted molar refractivity (Wildman–Crippen MR) is 107 cm³/mol. The van der Waals surface area contributed by atoms with Crippen LogP contribution < -0.4 is 10.7 Å². The Labute approximate surface area is 177 Å². The highest BCUT2D eigenvalue weighted by molar-refractivity contribution is 6.34. The lowest BCUT2D eigenvalue weighted by molar-refractivity contribution is -0.0180. The molecule has 0 amide bonds. The Morgan fingerprint density at radius 2 is 2.07 bits per heavy atom. The van der Waals surface area contributed by atoms with Gasteiger partial charge in [-0.25, -0.2) is 19.5 Å². The van der Waals surface area contributed by atoms with E-state index in [1.807, 2.05) is 5.01 Å². The van der Waals surface area contributed by atoms with Crippen molar-refractivity contribution < 1.29 is 13.9 Å². The van der Waals surface area contributed by atoms with E-state index in [1.54, 1.807) is 10.9 Å². The Bertz CT molecular complexity index is 1020. The summed E-state index contributed by atoms with van der Waals surface area (Å²) in [6.07, 6.45) is 4.59. The summed E-state index contributed by atoms with van der Waals surface area (Å²) in [4.78, 5) is 9.03. The number of hydrogen-bond donors (Lipinski definition) is 2. The first-order chi connectivity index (χ1) is 14.6. The molecule has 11 heteroatoms. The molecule has 1 aliphatic carbocycles. The second-order valence-electron chi connectivity index (χ2n) is 8.24. The maximum absolute atomic E-state index is 15.6. The summed E-state index contributed by atoms with van der Waals surface area (Å²) in [6, 6.07) is 0.156. The van der Waals surface area contributed by atoms with Crippen LogP contribution in [0.3, 0.4) is 0 Å². The molecule has 30 heavy (non-hydrogen) atoms. The number of nitrogens with zero attached hydrogens (tertiary/aromatic N) is 5. The van der Waals surface area contributed by atoms with Gasteiger partial charge >= 0.3 is 0 Å². The van der Waals surface area contributed by atoms with Gasteiger partial charge in [-0.2, -0.15) is 10.1 Å². The van der Waals surface area contributed by atoms with Crippen molar-refractivity contribution in [1.82, 2.24) is 30.2 Å². The highest BCUT2D eigenvalue weighted by Crippen LogP contribution is 2.51. The first-order valence-electron chi connectivity index (χ1n) is 10.5. The predicted octanol–water partition coefficient (Wildman–Crippen LogP) is 2.35. The molecule has 5 heterocycles. The van der Waals surface area contributed by atoms with Crippen LogP contribution in [0.25, 0.3) is 11.0 Å². The van der Waals surface area contributed by atoms with Crippen LogP contribution in [0, 0.1) is 0 Å². The molecule has 1 saturated carbocycles. The SMILES string of the molecule is FC1(C2=C3Nc4ncc5c(Cl)nn(c5n4)CCCOC3NN2C2CCOCC2)CC1. The fourth-order valence-electron chi connectivity index (χ4n) is 4.46. The highest BCUT2D eigenvalue weighted by Gasteiger charge is 2.55. The van der Waals surface area contributed by atoms with Gasteiger partial charge in [0.25, 0.3) is 0 Å². The number of anilines is 1. The van der Waals surface area contributed by atoms with Crippen molar-refractivity contribution in [2.24, 2.45) is 0 Å². The second-order valence-corrected chi connectivity index (χ2v) is 8.60. The minimum absolute atomic E-state index is 0.156. The number of hydrazine groups is 1. The summed E-state index contributed by atoms with van der Waals surface area (Å²) in [5.74, 6) is 0.378. The van der Waals surface area contributed by atoms with Gasteiger partial charge in [-0.15, -0.1) is 0 Å². The van der Waals surface area contributed by atoms with Crippen LogP contribution in [0.5, 0.6) is 0 Å². The number of fused-ring (bicyclic) bond motifs is 2. The van der Waals surface area contributed by atoms with Crippen LogP contribution in [-0.4, -0.2) is 62.5 Å². The molecular weight excluding hydrogens is 413 g/mol. The highest BCUT2D eigenvalue weighted by atomic mass is 35.5. The molecule has 160 valence electrons. The maximum Gasteiger partial charge on any atom is 0.229 e. The lowest BCUT2D eigenvalue weighted by Gasteiger charge is -2.35. The monoisotopic (exact) mass is 435 g/mol. The van der Waals surface area contributed by atoms with Gasteiger partial charge in [-0.3, -0.25) is 0 Å². The van der Waals surface area contributed by atoms with Gasteiger partial charge in [0.15, 0.2) is 22.7 Å². The van der Waals surface area contributed by atoms with E-state index < -0.39 is 11.9 Å². The number of nitrogens with one attached hydrogen (secondary N) is 2. The molecule has 0 radical (unpaired) electrons. The minimum Gasteiger partial charge on any atom is -0.381 e. The van der Waals surface area contributed by atoms with Gasteiger partial charge in [0.1, 0.15) is 0 Å². The Kier molecular flexibility index (Phi) is 4.38. The van der Waals surface area contributed by atoms with E-state index in [2.05, 4.69) is 25.8 Å². The topological polar surface area (TPSA) is 89.4 Å². The molecule has 2 N–H and O–H groups in total. The Balaban J connectivity index is 1.44. The van der Waals surface area contributed by atoms with Gasteiger partial charge in [0, 0.05) is 32.0 Å². The average molecular weight is 436 g/mol. The summed E-state index contributed by atoms with van der Waals surface area (Å²) in [5.41, 5.74) is 3.98. The van der Waals surface area contributed by atoms with Gasteiger partial charge in [-0.1, -0.05) is 11.6 Å². The van der Waals surface area contributed by atoms with Gasteiger partial charge < -0.3 is 19.8 Å². The van der Waals surface area contributed by atoms with Crippen LogP contribution in [-0.2, 0) is 16.0 Å². The molecule has 2 bridgehead atoms. The molecule has 2 fully saturated rings. The maximum atomic E-state index is 15.6. The fourth-order valence-corrected chi connectivity index (χ4v) is 4.69. The number of hydrogen-bond acceptors (Lipinski definition) is 8. The van der Waals surface area contributed by atoms with Crippen LogP contribution in [0.4, 0.5) is 10.3 Å². The molecule has 6 rings (SSSR count). The number of aryl methyl sites for hydroxylation is 1. The first-order valence-corrected chi connectivity index (χ1v) is 10.8. The third-order valence-corrected chi connectivity index (χ3v) is 6.45. The summed E-state index contributed by atoms with van der Waals surface area (Å²) < 4.78 is 29.0. The number of allylic oxidation sites excluding steroid dienone is 1. The molecule has 1 saturated heterocycles. The number of ether oxygens (including phenoxy) is 2. The molecule has 1 atom stereocenters. The zero-order valence-electron chi connectivity index (χ0n) is 16.4. The number of alkyl halides is 1. The van der Waals surface area contributed by atoms with Crippen LogP contribution in [0.1, 0.15) is 32.1 Å². The quantitative estimate of drug-likeness (QED) is 0.743. The van der Waals surface area contributed by atoms with Crippen molar-refractivity contribution in [1.29, 1.82) is 0 Å². The number of aromatic nitrogens is 4. The summed E-state index contributed by atoms with van der Waals surface area (Å²) in [5, 5.41) is 10.7. The van der Waals surface area contributed by atoms with E-state index in [9.17, 15) is 0 Å². The van der Waals surface area contributed by atoms with Crippen molar-refractivity contribution in [2.45, 2.75) is 56.6 Å². The molecule has 3 aliphatic heterocycles. The third kappa shape index (κ3) is 3.05. The largest absolute Gasteiger partial charge is 0.381 e. The normalized spacial score (nSPS) is 26.6. The average Bonchev–Trinajstić information content (AvgIpc) is 3.28. The molecule has 0 spiro atoms. The molecule has 2 aromatic heterocycles. The van der Waals surface area contributed by atoms with E-state index in [4.69, 9.17) is 21.1 Å². The summed E-state index contributed by atoms with van der Waals surface area (Å²) in [7, 11) is 0. The molecule has 1 unspecified atom stereocenters. The Morgan fingerprint density at radius 1 is 1.23 bits per heavy atom. The Morgan fingerprint density at radius 3 is 2.87 bits per heavy atom. The van der Waals surface area contributed by atoms with Crippen LogP contribution in [0.15, 0.2) is 17.6 Å². The zero-order chi connectivity index (χ0) is 20.3. The molecule has 9 nitrogen and oxygen atoms in total. The first kappa shape index (κ1) is 18.7. The van der Waals surface area contributed by atoms with Crippen molar-refractivity contribution >= 4 is 28.6 Å². The van der Waals surface area contributed by atoms with E-state index in [1.165, 1.54) is 0 Å². The van der Waals surface area contributed by atoms with Crippen molar-refractivity contribution in [2.75, 3.05) is 25.1 Å². The van der Waals surface area contributed by atoms with Gasteiger partial charge in [0.2, 0.25) is 5.95 Å². The van der Waals surface area contributed by atoms with E-state index in [0.29, 0.717) is 72.7 Å². The van der Waals surface area contributed by atoms with Crippen molar-refractivity contribution in [3.63, 3.8) is 0 Å². The fraction of sp³-hybridized carbons (Fsp3) is 0.632. The van der Waals surface area contributed by atoms with Crippen LogP contribution in [0.2, 0.25) is 5.15 Å². The lowest BCUT2D eigenvalue weighted by Crippen LogP contribution is -2.48. The molecule has 2 aromatic rings. The van der Waals surface area contributed by atoms with Gasteiger partial charge in [0.05, 0.1) is 23.4 Å². The van der Waals surface area contributed by atoms with Crippen LogP contribution >= 0.6 is 11.6 Å². The number of halogens is 2. The van der Waals surface area contributed by atoms with Crippen molar-refractivity contribution in [3.8, 4) is 0 Å². The second kappa shape index (κ2) is 7.01. The van der Waals surface area contributed by atoms with E-state index >= 15 is 4.39 Å². The van der Waals surface area contributed by atoms with E-state index in [0.717, 1.165) is 19.3 Å². The standard InChI is InChI=1S/C19H23ClFN7O2/c20-15-12-10-22-18-23-13-14(19(21)4-5-19)28(11-2-8-29-9-3-11)26-17(13)30-7-1-6-27(25-15)16(12)24-18/h10-11,17,26H,1-9H2,(H,22,23,24). The molecular formula is C19H23ClFN7O2. The molecule has 0 aromatic carbocycles. The summed E-state index contributed by atoms with van der Waals surface area (Å²) >= 11 is 6.24. The molecule has 4 aliphatic rings. The minimum atomic E-state index is -1.36. The number of rotatable bonds is 2. The smallest absolute Gasteiger partial charge is 0.229 e. The summed E-state index contributed by atoms with van der Waals surface area (Å²) in [6.45, 7) is 2.46. The van der Waals surface area contributed by atoms with Crippen molar-refractivity contribution in [3.05, 3.63) is 22.7 Å². The van der Waals surface area contributed by atoms with Gasteiger partial charge in [-0.05, 0) is 32.1 Å². The third-order valence-electron chi connectivity index (χ3n) is 6.17. The van der Waals surface area contributed by atoms with E-state index in [-0.39, 0.29) is 6.04 Å². The lowest BCUT2D eigenvalue weighted by atomic mass is 10.1.